The monoisotopic (exact) mass is 437 g/mol. The van der Waals surface area contributed by atoms with Crippen LogP contribution in [-0.4, -0.2) is 30.8 Å². The number of carbonyl (C=O) groups excluding carboxylic acids is 1. The number of hydrogen-bond acceptors (Lipinski definition) is 2. The molecule has 0 amide bonds. The molecular formula is C21H28INO. The van der Waals surface area contributed by atoms with Gasteiger partial charge in [0, 0.05) is 12.5 Å². The number of rotatable bonds is 7. The SMILES string of the molecule is CCC(=O)C(CC(C)N(C)C)(c1ccccc1)c1ccccc1.I. The lowest BCUT2D eigenvalue weighted by atomic mass is 9.67. The van der Waals surface area contributed by atoms with Crippen molar-refractivity contribution in [1.82, 2.24) is 4.90 Å². The predicted octanol–water partition coefficient (Wildman–Crippen LogP) is 4.91. The fourth-order valence-electron chi connectivity index (χ4n) is 3.21. The smallest absolute Gasteiger partial charge is 0.147 e. The minimum absolute atomic E-state index is 0. The van der Waals surface area contributed by atoms with Gasteiger partial charge >= 0.3 is 0 Å². The summed E-state index contributed by atoms with van der Waals surface area (Å²) in [6, 6.07) is 20.7. The third-order valence-corrected chi connectivity index (χ3v) is 4.81. The van der Waals surface area contributed by atoms with Gasteiger partial charge in [-0.1, -0.05) is 67.6 Å². The second-order valence-electron chi connectivity index (χ2n) is 6.43. The first-order valence-corrected chi connectivity index (χ1v) is 8.33. The van der Waals surface area contributed by atoms with Crippen molar-refractivity contribution in [3.63, 3.8) is 0 Å². The molecule has 2 rings (SSSR count). The summed E-state index contributed by atoms with van der Waals surface area (Å²) in [6.45, 7) is 4.15. The van der Waals surface area contributed by atoms with Crippen LogP contribution in [-0.2, 0) is 10.2 Å². The second-order valence-corrected chi connectivity index (χ2v) is 6.43. The Kier molecular flexibility index (Phi) is 8.10. The van der Waals surface area contributed by atoms with Gasteiger partial charge in [-0.05, 0) is 38.6 Å². The first-order chi connectivity index (χ1) is 11.0. The van der Waals surface area contributed by atoms with Crippen molar-refractivity contribution in [3.8, 4) is 0 Å². The highest BCUT2D eigenvalue weighted by Gasteiger charge is 2.41. The Hall–Kier alpha value is -1.20. The van der Waals surface area contributed by atoms with Crippen molar-refractivity contribution in [1.29, 1.82) is 0 Å². The van der Waals surface area contributed by atoms with E-state index in [9.17, 15) is 4.79 Å². The van der Waals surface area contributed by atoms with Crippen molar-refractivity contribution >= 4 is 29.8 Å². The van der Waals surface area contributed by atoms with Crippen LogP contribution in [0.4, 0.5) is 0 Å². The van der Waals surface area contributed by atoms with Gasteiger partial charge in [0.15, 0.2) is 0 Å². The molecule has 0 bridgehead atoms. The fourth-order valence-corrected chi connectivity index (χ4v) is 3.21. The Balaban J connectivity index is 0.00000288. The molecule has 0 fully saturated rings. The van der Waals surface area contributed by atoms with Gasteiger partial charge in [-0.15, -0.1) is 24.0 Å². The molecule has 0 saturated carbocycles. The average molecular weight is 437 g/mol. The maximum absolute atomic E-state index is 13.2. The lowest BCUT2D eigenvalue weighted by molar-refractivity contribution is -0.123. The molecule has 1 atom stereocenters. The second kappa shape index (κ2) is 9.33. The number of hydrogen-bond donors (Lipinski definition) is 0. The van der Waals surface area contributed by atoms with E-state index in [0.717, 1.165) is 17.5 Å². The number of nitrogens with zero attached hydrogens (tertiary/aromatic N) is 1. The summed E-state index contributed by atoms with van der Waals surface area (Å²) in [4.78, 5) is 15.4. The number of carbonyl (C=O) groups is 1. The molecule has 0 aromatic heterocycles. The standard InChI is InChI=1S/C21H27NO.HI/c1-5-20(23)21(16-17(2)22(3)4,18-12-8-6-9-13-18)19-14-10-7-11-15-19;/h6-15,17H,5,16H2,1-4H3;1H. The van der Waals surface area contributed by atoms with Gasteiger partial charge in [0.05, 0.1) is 5.41 Å². The summed E-state index contributed by atoms with van der Waals surface area (Å²) >= 11 is 0. The fraction of sp³-hybridized carbons (Fsp3) is 0.381. The third-order valence-electron chi connectivity index (χ3n) is 4.81. The Morgan fingerprint density at radius 1 is 0.958 bits per heavy atom. The van der Waals surface area contributed by atoms with Crippen LogP contribution in [0.3, 0.4) is 0 Å². The van der Waals surface area contributed by atoms with E-state index in [-0.39, 0.29) is 29.8 Å². The summed E-state index contributed by atoms with van der Waals surface area (Å²) in [6.07, 6.45) is 1.31. The van der Waals surface area contributed by atoms with Crippen molar-refractivity contribution in [2.75, 3.05) is 14.1 Å². The molecule has 0 N–H and O–H groups in total. The van der Waals surface area contributed by atoms with Gasteiger partial charge in [0.25, 0.3) is 0 Å². The first kappa shape index (κ1) is 20.8. The summed E-state index contributed by atoms with van der Waals surface area (Å²) in [5, 5.41) is 0. The van der Waals surface area contributed by atoms with Crippen LogP contribution < -0.4 is 0 Å². The molecule has 0 spiro atoms. The van der Waals surface area contributed by atoms with Crippen molar-refractivity contribution in [3.05, 3.63) is 71.8 Å². The first-order valence-electron chi connectivity index (χ1n) is 8.33. The van der Waals surface area contributed by atoms with Crippen LogP contribution in [0.5, 0.6) is 0 Å². The lowest BCUT2D eigenvalue weighted by Gasteiger charge is -2.37. The average Bonchev–Trinajstić information content (AvgIpc) is 2.60. The van der Waals surface area contributed by atoms with E-state index in [2.05, 4.69) is 50.2 Å². The zero-order valence-electron chi connectivity index (χ0n) is 15.0. The minimum atomic E-state index is -0.582. The molecular weight excluding hydrogens is 409 g/mol. The van der Waals surface area contributed by atoms with Gasteiger partial charge in [0.2, 0.25) is 0 Å². The number of halogens is 1. The Labute approximate surface area is 163 Å². The van der Waals surface area contributed by atoms with E-state index < -0.39 is 5.41 Å². The van der Waals surface area contributed by atoms with Crippen LogP contribution in [0.25, 0.3) is 0 Å². The topological polar surface area (TPSA) is 20.3 Å². The largest absolute Gasteiger partial charge is 0.307 e. The highest BCUT2D eigenvalue weighted by molar-refractivity contribution is 14.0. The van der Waals surface area contributed by atoms with E-state index in [1.165, 1.54) is 0 Å². The highest BCUT2D eigenvalue weighted by Crippen LogP contribution is 2.39. The van der Waals surface area contributed by atoms with E-state index in [1.807, 2.05) is 43.3 Å². The highest BCUT2D eigenvalue weighted by atomic mass is 127. The van der Waals surface area contributed by atoms with Crippen LogP contribution in [0.1, 0.15) is 37.8 Å². The molecule has 1 unspecified atom stereocenters. The quantitative estimate of drug-likeness (QED) is 0.574. The summed E-state index contributed by atoms with van der Waals surface area (Å²) in [5.74, 6) is 0.281. The Bertz CT molecular complexity index is 585. The summed E-state index contributed by atoms with van der Waals surface area (Å²) in [7, 11) is 4.14. The molecule has 3 heteroatoms. The maximum Gasteiger partial charge on any atom is 0.147 e. The van der Waals surface area contributed by atoms with Crippen molar-refractivity contribution in [2.24, 2.45) is 0 Å². The molecule has 2 aromatic rings. The number of benzene rings is 2. The van der Waals surface area contributed by atoms with Crippen LogP contribution in [0, 0.1) is 0 Å². The molecule has 0 aliphatic carbocycles. The van der Waals surface area contributed by atoms with Crippen LogP contribution >= 0.6 is 24.0 Å². The molecule has 0 aliphatic rings. The van der Waals surface area contributed by atoms with E-state index >= 15 is 0 Å². The summed E-state index contributed by atoms with van der Waals surface area (Å²) < 4.78 is 0. The number of ketones is 1. The molecule has 24 heavy (non-hydrogen) atoms. The van der Waals surface area contributed by atoms with E-state index in [4.69, 9.17) is 0 Å². The van der Waals surface area contributed by atoms with E-state index in [1.54, 1.807) is 0 Å². The minimum Gasteiger partial charge on any atom is -0.307 e. The van der Waals surface area contributed by atoms with Gasteiger partial charge in [-0.3, -0.25) is 4.79 Å². The van der Waals surface area contributed by atoms with Crippen molar-refractivity contribution < 1.29 is 4.79 Å². The Morgan fingerprint density at radius 2 is 1.38 bits per heavy atom. The number of Topliss-reactive ketones (excluding diaryl/α,β-unsaturated/α-hetero) is 1. The maximum atomic E-state index is 13.2. The van der Waals surface area contributed by atoms with Gasteiger partial charge in [-0.2, -0.15) is 0 Å². The molecule has 0 aliphatic heterocycles. The van der Waals surface area contributed by atoms with E-state index in [0.29, 0.717) is 12.5 Å². The van der Waals surface area contributed by atoms with Crippen molar-refractivity contribution in [2.45, 2.75) is 38.1 Å². The van der Waals surface area contributed by atoms with Crippen LogP contribution in [0.15, 0.2) is 60.7 Å². The summed E-state index contributed by atoms with van der Waals surface area (Å²) in [5.41, 5.74) is 1.60. The molecule has 130 valence electrons. The zero-order chi connectivity index (χ0) is 16.9. The third kappa shape index (κ3) is 4.25. The normalized spacial score (nSPS) is 12.5. The van der Waals surface area contributed by atoms with Crippen LogP contribution in [0.2, 0.25) is 0 Å². The molecule has 0 saturated heterocycles. The van der Waals surface area contributed by atoms with Gasteiger partial charge in [-0.25, -0.2) is 0 Å². The predicted molar refractivity (Wildman–Crippen MR) is 112 cm³/mol. The molecule has 2 aromatic carbocycles. The molecule has 2 nitrogen and oxygen atoms in total. The zero-order valence-corrected chi connectivity index (χ0v) is 17.4. The Morgan fingerprint density at radius 3 is 1.71 bits per heavy atom. The lowest BCUT2D eigenvalue weighted by Crippen LogP contribution is -2.42. The van der Waals surface area contributed by atoms with Gasteiger partial charge < -0.3 is 4.90 Å². The van der Waals surface area contributed by atoms with Gasteiger partial charge in [0.1, 0.15) is 5.78 Å². The molecule has 0 radical (unpaired) electrons. The molecule has 0 heterocycles.